The standard InChI is InChI=1S/C24H31N3O4/c1-4-30-21-10-12-22(13-11-21)31-18-23(28)26-14-5-15-27(17-16-26)24(29)19-6-8-20(9-7-19)25(2)3/h6-13H,4-5,14-18H2,1-3H3. The van der Waals surface area contributed by atoms with Crippen LogP contribution in [-0.4, -0.2) is 75.1 Å². The first kappa shape index (κ1) is 22.5. The van der Waals surface area contributed by atoms with Gasteiger partial charge in [0.05, 0.1) is 6.61 Å². The van der Waals surface area contributed by atoms with Gasteiger partial charge in [0, 0.05) is 51.5 Å². The fourth-order valence-corrected chi connectivity index (χ4v) is 3.49. The largest absolute Gasteiger partial charge is 0.494 e. The molecule has 2 amide bonds. The van der Waals surface area contributed by atoms with Gasteiger partial charge in [-0.2, -0.15) is 0 Å². The van der Waals surface area contributed by atoms with Crippen molar-refractivity contribution in [1.29, 1.82) is 0 Å². The lowest BCUT2D eigenvalue weighted by Gasteiger charge is -2.22. The molecule has 0 spiro atoms. The summed E-state index contributed by atoms with van der Waals surface area (Å²) >= 11 is 0. The summed E-state index contributed by atoms with van der Waals surface area (Å²) in [6, 6.07) is 14.8. The molecule has 7 nitrogen and oxygen atoms in total. The molecule has 0 aromatic heterocycles. The zero-order valence-corrected chi connectivity index (χ0v) is 18.5. The van der Waals surface area contributed by atoms with Crippen LogP contribution in [0.2, 0.25) is 0 Å². The van der Waals surface area contributed by atoms with E-state index in [1.165, 1.54) is 0 Å². The average Bonchev–Trinajstić information content (AvgIpc) is 3.04. The first-order valence-electron chi connectivity index (χ1n) is 10.7. The zero-order valence-electron chi connectivity index (χ0n) is 18.5. The molecule has 3 rings (SSSR count). The normalized spacial score (nSPS) is 14.0. The lowest BCUT2D eigenvalue weighted by Crippen LogP contribution is -2.39. The molecule has 0 unspecified atom stereocenters. The Labute approximate surface area is 184 Å². The third kappa shape index (κ3) is 6.13. The lowest BCUT2D eigenvalue weighted by molar-refractivity contribution is -0.133. The van der Waals surface area contributed by atoms with E-state index >= 15 is 0 Å². The van der Waals surface area contributed by atoms with E-state index in [0.717, 1.165) is 17.9 Å². The molecule has 2 aromatic carbocycles. The SMILES string of the molecule is CCOc1ccc(OCC(=O)N2CCCN(C(=O)c3ccc(N(C)C)cc3)CC2)cc1. The van der Waals surface area contributed by atoms with Crippen molar-refractivity contribution in [2.75, 3.05) is 58.4 Å². The summed E-state index contributed by atoms with van der Waals surface area (Å²) in [7, 11) is 3.94. The van der Waals surface area contributed by atoms with E-state index < -0.39 is 0 Å². The summed E-state index contributed by atoms with van der Waals surface area (Å²) in [6.07, 6.45) is 0.746. The molecule has 1 aliphatic heterocycles. The molecule has 7 heteroatoms. The number of amides is 2. The Kier molecular flexibility index (Phi) is 7.76. The van der Waals surface area contributed by atoms with Gasteiger partial charge in [-0.3, -0.25) is 9.59 Å². The summed E-state index contributed by atoms with van der Waals surface area (Å²) in [6.45, 7) is 4.80. The number of rotatable bonds is 7. The Morgan fingerprint density at radius 3 is 2.03 bits per heavy atom. The van der Waals surface area contributed by atoms with Crippen molar-refractivity contribution in [3.05, 3.63) is 54.1 Å². The Bertz CT molecular complexity index is 865. The maximum Gasteiger partial charge on any atom is 0.260 e. The van der Waals surface area contributed by atoms with E-state index in [1.807, 2.05) is 67.2 Å². The van der Waals surface area contributed by atoms with Crippen molar-refractivity contribution in [2.24, 2.45) is 0 Å². The molecule has 2 aromatic rings. The van der Waals surface area contributed by atoms with E-state index in [1.54, 1.807) is 17.0 Å². The summed E-state index contributed by atoms with van der Waals surface area (Å²) in [5, 5.41) is 0. The quantitative estimate of drug-likeness (QED) is 0.683. The van der Waals surface area contributed by atoms with Crippen LogP contribution in [0.1, 0.15) is 23.7 Å². The highest BCUT2D eigenvalue weighted by Gasteiger charge is 2.23. The van der Waals surface area contributed by atoms with Crippen LogP contribution in [0, 0.1) is 0 Å². The van der Waals surface area contributed by atoms with E-state index in [0.29, 0.717) is 44.1 Å². The van der Waals surface area contributed by atoms with Crippen LogP contribution in [0.15, 0.2) is 48.5 Å². The van der Waals surface area contributed by atoms with Crippen molar-refractivity contribution in [2.45, 2.75) is 13.3 Å². The van der Waals surface area contributed by atoms with Crippen molar-refractivity contribution in [3.63, 3.8) is 0 Å². The van der Waals surface area contributed by atoms with Crippen LogP contribution in [0.4, 0.5) is 5.69 Å². The molecule has 1 saturated heterocycles. The van der Waals surface area contributed by atoms with Gasteiger partial charge in [0.1, 0.15) is 11.5 Å². The highest BCUT2D eigenvalue weighted by atomic mass is 16.5. The monoisotopic (exact) mass is 425 g/mol. The van der Waals surface area contributed by atoms with Gasteiger partial charge in [-0.05, 0) is 61.9 Å². The molecule has 1 heterocycles. The first-order chi connectivity index (χ1) is 15.0. The third-order valence-electron chi connectivity index (χ3n) is 5.26. The van der Waals surface area contributed by atoms with Crippen molar-refractivity contribution in [3.8, 4) is 11.5 Å². The second kappa shape index (κ2) is 10.7. The molecular formula is C24H31N3O4. The highest BCUT2D eigenvalue weighted by molar-refractivity contribution is 5.94. The molecule has 0 atom stereocenters. The molecule has 31 heavy (non-hydrogen) atoms. The topological polar surface area (TPSA) is 62.3 Å². The van der Waals surface area contributed by atoms with Gasteiger partial charge in [-0.1, -0.05) is 0 Å². The van der Waals surface area contributed by atoms with Gasteiger partial charge >= 0.3 is 0 Å². The predicted molar refractivity (Wildman–Crippen MR) is 121 cm³/mol. The fourth-order valence-electron chi connectivity index (χ4n) is 3.49. The summed E-state index contributed by atoms with van der Waals surface area (Å²) in [4.78, 5) is 31.1. The van der Waals surface area contributed by atoms with Gasteiger partial charge < -0.3 is 24.2 Å². The van der Waals surface area contributed by atoms with E-state index in [4.69, 9.17) is 9.47 Å². The minimum Gasteiger partial charge on any atom is -0.494 e. The van der Waals surface area contributed by atoms with Crippen LogP contribution in [-0.2, 0) is 4.79 Å². The molecular weight excluding hydrogens is 394 g/mol. The average molecular weight is 426 g/mol. The van der Waals surface area contributed by atoms with E-state index in [2.05, 4.69) is 0 Å². The number of anilines is 1. The Hall–Kier alpha value is -3.22. The molecule has 1 fully saturated rings. The minimum atomic E-state index is -0.0708. The summed E-state index contributed by atoms with van der Waals surface area (Å²) < 4.78 is 11.0. The first-order valence-corrected chi connectivity index (χ1v) is 10.7. The number of hydrogen-bond acceptors (Lipinski definition) is 5. The van der Waals surface area contributed by atoms with Crippen LogP contribution in [0.5, 0.6) is 11.5 Å². The number of hydrogen-bond donors (Lipinski definition) is 0. The Balaban J connectivity index is 1.50. The maximum absolute atomic E-state index is 12.9. The predicted octanol–water partition coefficient (Wildman–Crippen LogP) is 2.90. The zero-order chi connectivity index (χ0) is 22.2. The lowest BCUT2D eigenvalue weighted by atomic mass is 10.1. The smallest absolute Gasteiger partial charge is 0.260 e. The van der Waals surface area contributed by atoms with Gasteiger partial charge in [0.25, 0.3) is 11.8 Å². The number of nitrogens with zero attached hydrogens (tertiary/aromatic N) is 3. The minimum absolute atomic E-state index is 0.00485. The molecule has 166 valence electrons. The van der Waals surface area contributed by atoms with E-state index in [9.17, 15) is 9.59 Å². The van der Waals surface area contributed by atoms with Gasteiger partial charge in [0.15, 0.2) is 6.61 Å². The van der Waals surface area contributed by atoms with Crippen molar-refractivity contribution >= 4 is 17.5 Å². The second-order valence-electron chi connectivity index (χ2n) is 7.66. The third-order valence-corrected chi connectivity index (χ3v) is 5.26. The molecule has 1 aliphatic rings. The summed E-state index contributed by atoms with van der Waals surface area (Å²) in [5.41, 5.74) is 1.72. The summed E-state index contributed by atoms with van der Waals surface area (Å²) in [5.74, 6) is 1.34. The fraction of sp³-hybridized carbons (Fsp3) is 0.417. The highest BCUT2D eigenvalue weighted by Crippen LogP contribution is 2.18. The van der Waals surface area contributed by atoms with Gasteiger partial charge in [-0.25, -0.2) is 0 Å². The second-order valence-corrected chi connectivity index (χ2v) is 7.66. The number of ether oxygens (including phenoxy) is 2. The Morgan fingerprint density at radius 1 is 0.839 bits per heavy atom. The molecule has 0 saturated carbocycles. The molecule has 0 N–H and O–H groups in total. The van der Waals surface area contributed by atoms with Crippen LogP contribution < -0.4 is 14.4 Å². The molecule has 0 aliphatic carbocycles. The number of carbonyl (C=O) groups is 2. The van der Waals surface area contributed by atoms with Crippen LogP contribution in [0.3, 0.4) is 0 Å². The number of carbonyl (C=O) groups excluding carboxylic acids is 2. The van der Waals surface area contributed by atoms with E-state index in [-0.39, 0.29) is 18.4 Å². The van der Waals surface area contributed by atoms with Gasteiger partial charge in [0.2, 0.25) is 0 Å². The van der Waals surface area contributed by atoms with Gasteiger partial charge in [-0.15, -0.1) is 0 Å². The van der Waals surface area contributed by atoms with Crippen molar-refractivity contribution in [1.82, 2.24) is 9.80 Å². The molecule has 0 radical (unpaired) electrons. The number of benzene rings is 2. The van der Waals surface area contributed by atoms with Crippen molar-refractivity contribution < 1.29 is 19.1 Å². The van der Waals surface area contributed by atoms with Crippen LogP contribution in [0.25, 0.3) is 0 Å². The van der Waals surface area contributed by atoms with Crippen LogP contribution >= 0.6 is 0 Å². The maximum atomic E-state index is 12.9. The molecule has 0 bridgehead atoms. The Morgan fingerprint density at radius 2 is 1.42 bits per heavy atom.